The van der Waals surface area contributed by atoms with Gasteiger partial charge in [-0.05, 0) is 67.7 Å². The lowest BCUT2D eigenvalue weighted by Crippen LogP contribution is -2.41. The van der Waals surface area contributed by atoms with Crippen LogP contribution in [0.4, 0.5) is 4.79 Å². The van der Waals surface area contributed by atoms with Gasteiger partial charge in [-0.25, -0.2) is 4.79 Å². The van der Waals surface area contributed by atoms with Crippen LogP contribution in [0.1, 0.15) is 49.1 Å². The number of aryl methyl sites for hydroxylation is 1. The zero-order valence-corrected chi connectivity index (χ0v) is 15.8. The van der Waals surface area contributed by atoms with E-state index in [2.05, 4.69) is 47.0 Å². The van der Waals surface area contributed by atoms with Crippen molar-refractivity contribution in [2.75, 3.05) is 6.54 Å². The van der Waals surface area contributed by atoms with Crippen LogP contribution >= 0.6 is 11.6 Å². The molecule has 2 N–H and O–H groups in total. The topological polar surface area (TPSA) is 41.1 Å². The number of hydrogen-bond donors (Lipinski definition) is 2. The van der Waals surface area contributed by atoms with Crippen molar-refractivity contribution in [3.63, 3.8) is 0 Å². The summed E-state index contributed by atoms with van der Waals surface area (Å²) in [4.78, 5) is 12.1. The number of rotatable bonds is 7. The summed E-state index contributed by atoms with van der Waals surface area (Å²) in [5.74, 6) is 0.517. The van der Waals surface area contributed by atoms with E-state index in [1.165, 1.54) is 11.1 Å². The second-order valence-corrected chi connectivity index (χ2v) is 7.54. The summed E-state index contributed by atoms with van der Waals surface area (Å²) >= 11 is 5.96. The number of hydrogen-bond acceptors (Lipinski definition) is 1. The summed E-state index contributed by atoms with van der Waals surface area (Å²) in [6, 6.07) is 18.8. The van der Waals surface area contributed by atoms with Crippen LogP contribution in [0, 0.1) is 0 Å². The van der Waals surface area contributed by atoms with E-state index in [9.17, 15) is 4.79 Å². The predicted molar refractivity (Wildman–Crippen MR) is 108 cm³/mol. The number of benzene rings is 2. The van der Waals surface area contributed by atoms with Gasteiger partial charge in [-0.15, -0.1) is 0 Å². The van der Waals surface area contributed by atoms with Crippen LogP contribution in [0.15, 0.2) is 54.6 Å². The van der Waals surface area contributed by atoms with Gasteiger partial charge in [0.2, 0.25) is 0 Å². The number of carbonyl (C=O) groups is 1. The first-order chi connectivity index (χ1) is 12.7. The summed E-state index contributed by atoms with van der Waals surface area (Å²) in [5, 5.41) is 6.88. The molecule has 2 amide bonds. The van der Waals surface area contributed by atoms with Crippen molar-refractivity contribution in [1.29, 1.82) is 0 Å². The van der Waals surface area contributed by atoms with E-state index in [1.807, 2.05) is 18.2 Å². The number of amides is 2. The van der Waals surface area contributed by atoms with E-state index >= 15 is 0 Å². The van der Waals surface area contributed by atoms with Crippen molar-refractivity contribution in [2.24, 2.45) is 0 Å². The normalized spacial score (nSPS) is 19.3. The van der Waals surface area contributed by atoms with Crippen LogP contribution in [0.5, 0.6) is 0 Å². The Hall–Kier alpha value is -2.00. The van der Waals surface area contributed by atoms with E-state index < -0.39 is 0 Å². The molecular formula is C22H27ClN2O. The molecule has 0 aliphatic heterocycles. The summed E-state index contributed by atoms with van der Waals surface area (Å²) in [6.07, 6.45) is 6.31. The molecule has 2 atom stereocenters. The molecule has 2 aromatic carbocycles. The number of carbonyl (C=O) groups excluding carboxylic acids is 1. The third-order valence-electron chi connectivity index (χ3n) is 5.13. The summed E-state index contributed by atoms with van der Waals surface area (Å²) in [5.41, 5.74) is 2.68. The molecule has 0 aromatic heterocycles. The van der Waals surface area contributed by atoms with Gasteiger partial charge >= 0.3 is 6.03 Å². The second kappa shape index (κ2) is 9.63. The maximum Gasteiger partial charge on any atom is 0.315 e. The van der Waals surface area contributed by atoms with Gasteiger partial charge in [-0.2, -0.15) is 0 Å². The van der Waals surface area contributed by atoms with Crippen LogP contribution in [0.25, 0.3) is 0 Å². The highest BCUT2D eigenvalue weighted by Gasteiger charge is 2.26. The van der Waals surface area contributed by atoms with Crippen molar-refractivity contribution in [2.45, 2.75) is 50.5 Å². The standard InChI is InChI=1S/C22H27ClN2O/c23-20-12-9-18(10-13-20)19-11-14-21(16-19)25-22(26)24-15-5-4-8-17-6-2-1-3-7-17/h1-3,6-7,9-10,12-13,19,21H,4-5,8,11,14-16H2,(H2,24,25,26). The Labute approximate surface area is 161 Å². The number of urea groups is 1. The highest BCUT2D eigenvalue weighted by atomic mass is 35.5. The minimum Gasteiger partial charge on any atom is -0.338 e. The molecule has 0 saturated heterocycles. The third-order valence-corrected chi connectivity index (χ3v) is 5.38. The van der Waals surface area contributed by atoms with Crippen molar-refractivity contribution in [3.05, 3.63) is 70.7 Å². The minimum atomic E-state index is -0.0357. The van der Waals surface area contributed by atoms with Gasteiger partial charge in [0.05, 0.1) is 0 Å². The van der Waals surface area contributed by atoms with Crippen molar-refractivity contribution < 1.29 is 4.79 Å². The smallest absolute Gasteiger partial charge is 0.315 e. The van der Waals surface area contributed by atoms with Crippen LogP contribution < -0.4 is 10.6 Å². The Morgan fingerprint density at radius 2 is 1.77 bits per heavy atom. The lowest BCUT2D eigenvalue weighted by molar-refractivity contribution is 0.237. The number of halogens is 1. The quantitative estimate of drug-likeness (QED) is 0.638. The van der Waals surface area contributed by atoms with Gasteiger partial charge in [0.1, 0.15) is 0 Å². The Balaban J connectivity index is 1.31. The Morgan fingerprint density at radius 1 is 1.00 bits per heavy atom. The molecule has 0 bridgehead atoms. The first kappa shape index (κ1) is 18.8. The zero-order chi connectivity index (χ0) is 18.2. The molecule has 0 radical (unpaired) electrons. The first-order valence-corrected chi connectivity index (χ1v) is 9.92. The second-order valence-electron chi connectivity index (χ2n) is 7.10. The fourth-order valence-corrected chi connectivity index (χ4v) is 3.81. The summed E-state index contributed by atoms with van der Waals surface area (Å²) in [7, 11) is 0. The van der Waals surface area contributed by atoms with E-state index in [-0.39, 0.29) is 12.1 Å². The lowest BCUT2D eigenvalue weighted by Gasteiger charge is -2.14. The SMILES string of the molecule is O=C(NCCCCc1ccccc1)NC1CCC(c2ccc(Cl)cc2)C1. The van der Waals surface area contributed by atoms with Gasteiger partial charge in [-0.3, -0.25) is 0 Å². The molecule has 138 valence electrons. The molecular weight excluding hydrogens is 344 g/mol. The molecule has 2 aromatic rings. The number of nitrogens with one attached hydrogen (secondary N) is 2. The lowest BCUT2D eigenvalue weighted by atomic mass is 9.98. The average molecular weight is 371 g/mol. The maximum absolute atomic E-state index is 12.1. The molecule has 1 saturated carbocycles. The van der Waals surface area contributed by atoms with Crippen molar-refractivity contribution in [1.82, 2.24) is 10.6 Å². The largest absolute Gasteiger partial charge is 0.338 e. The molecule has 3 nitrogen and oxygen atoms in total. The molecule has 4 heteroatoms. The van der Waals surface area contributed by atoms with E-state index in [1.54, 1.807) is 0 Å². The van der Waals surface area contributed by atoms with E-state index in [0.29, 0.717) is 5.92 Å². The molecule has 26 heavy (non-hydrogen) atoms. The van der Waals surface area contributed by atoms with Crippen molar-refractivity contribution in [3.8, 4) is 0 Å². The molecule has 2 unspecified atom stereocenters. The summed E-state index contributed by atoms with van der Waals surface area (Å²) < 4.78 is 0. The Morgan fingerprint density at radius 3 is 2.54 bits per heavy atom. The zero-order valence-electron chi connectivity index (χ0n) is 15.1. The monoisotopic (exact) mass is 370 g/mol. The summed E-state index contributed by atoms with van der Waals surface area (Å²) in [6.45, 7) is 0.728. The molecule has 0 spiro atoms. The maximum atomic E-state index is 12.1. The predicted octanol–water partition coefficient (Wildman–Crippen LogP) is 5.30. The Bertz CT molecular complexity index is 687. The van der Waals surface area contributed by atoms with Crippen LogP contribution in [0.3, 0.4) is 0 Å². The number of unbranched alkanes of at least 4 members (excludes halogenated alkanes) is 1. The van der Waals surface area contributed by atoms with E-state index in [4.69, 9.17) is 11.6 Å². The van der Waals surface area contributed by atoms with Gasteiger partial charge in [-0.1, -0.05) is 54.1 Å². The molecule has 3 rings (SSSR count). The molecule has 1 fully saturated rings. The van der Waals surface area contributed by atoms with Gasteiger partial charge in [0, 0.05) is 17.6 Å². The minimum absolute atomic E-state index is 0.0357. The third kappa shape index (κ3) is 5.77. The molecule has 1 aliphatic carbocycles. The van der Waals surface area contributed by atoms with Crippen LogP contribution in [-0.2, 0) is 6.42 Å². The highest BCUT2D eigenvalue weighted by molar-refractivity contribution is 6.30. The van der Waals surface area contributed by atoms with Gasteiger partial charge in [0.15, 0.2) is 0 Å². The first-order valence-electron chi connectivity index (χ1n) is 9.54. The van der Waals surface area contributed by atoms with Gasteiger partial charge < -0.3 is 10.6 Å². The highest BCUT2D eigenvalue weighted by Crippen LogP contribution is 2.34. The van der Waals surface area contributed by atoms with E-state index in [0.717, 1.165) is 50.1 Å². The fraction of sp³-hybridized carbons (Fsp3) is 0.409. The fourth-order valence-electron chi connectivity index (χ4n) is 3.69. The Kier molecular flexibility index (Phi) is 6.96. The van der Waals surface area contributed by atoms with Gasteiger partial charge in [0.25, 0.3) is 0 Å². The van der Waals surface area contributed by atoms with Crippen LogP contribution in [0.2, 0.25) is 5.02 Å². The molecule has 1 aliphatic rings. The molecule has 0 heterocycles. The van der Waals surface area contributed by atoms with Crippen LogP contribution in [-0.4, -0.2) is 18.6 Å². The van der Waals surface area contributed by atoms with Crippen molar-refractivity contribution >= 4 is 17.6 Å². The average Bonchev–Trinajstić information content (AvgIpc) is 3.11.